The quantitative estimate of drug-likeness (QED) is 0.377. The summed E-state index contributed by atoms with van der Waals surface area (Å²) in [4.78, 5) is 18.2. The number of hydrogen-bond acceptors (Lipinski definition) is 4. The molecule has 0 aromatic heterocycles. The molecule has 24 heavy (non-hydrogen) atoms. The molecule has 7 heteroatoms. The molecule has 7 nitrogen and oxygen atoms in total. The molecule has 0 unspecified atom stereocenters. The van der Waals surface area contributed by atoms with Crippen LogP contribution in [-0.4, -0.2) is 73.3 Å². The summed E-state index contributed by atoms with van der Waals surface area (Å²) in [6, 6.07) is 0.347. The highest BCUT2D eigenvalue weighted by Gasteiger charge is 2.23. The molecule has 0 saturated carbocycles. The molecule has 1 aliphatic rings. The number of likely N-dealkylation sites (N-methyl/N-ethyl adjacent to an activating group) is 1. The lowest BCUT2D eigenvalue weighted by Crippen LogP contribution is -2.50. The second-order valence-corrected chi connectivity index (χ2v) is 6.49. The number of carbonyl (C=O) groups excluding carboxylic acids is 1. The first-order chi connectivity index (χ1) is 11.5. The van der Waals surface area contributed by atoms with Gasteiger partial charge in [0, 0.05) is 32.7 Å². The normalized spacial score (nSPS) is 17.6. The van der Waals surface area contributed by atoms with Gasteiger partial charge in [-0.2, -0.15) is 0 Å². The molecule has 0 aromatic carbocycles. The Kier molecular flexibility index (Phi) is 9.07. The van der Waals surface area contributed by atoms with Gasteiger partial charge in [0.05, 0.1) is 18.7 Å². The number of guanidine groups is 1. The van der Waals surface area contributed by atoms with Crippen molar-refractivity contribution in [3.63, 3.8) is 0 Å². The van der Waals surface area contributed by atoms with Gasteiger partial charge in [-0.3, -0.25) is 14.7 Å². The highest BCUT2D eigenvalue weighted by atomic mass is 16.3. The predicted octanol–water partition coefficient (Wildman–Crippen LogP) is 0.303. The van der Waals surface area contributed by atoms with E-state index in [0.29, 0.717) is 32.0 Å². The van der Waals surface area contributed by atoms with E-state index in [0.717, 1.165) is 38.4 Å². The number of piperidine rings is 1. The van der Waals surface area contributed by atoms with Crippen molar-refractivity contribution in [2.45, 2.75) is 58.1 Å². The van der Waals surface area contributed by atoms with Crippen molar-refractivity contribution in [2.24, 2.45) is 4.99 Å². The summed E-state index contributed by atoms with van der Waals surface area (Å²) in [5.74, 6) is 0.831. The van der Waals surface area contributed by atoms with Crippen LogP contribution in [0.1, 0.15) is 46.5 Å². The highest BCUT2D eigenvalue weighted by Crippen LogP contribution is 2.15. The molecule has 0 aromatic rings. The molecule has 1 fully saturated rings. The van der Waals surface area contributed by atoms with Crippen LogP contribution in [0.5, 0.6) is 0 Å². The zero-order chi connectivity index (χ0) is 18.0. The lowest BCUT2D eigenvalue weighted by molar-refractivity contribution is -0.122. The predicted molar refractivity (Wildman–Crippen MR) is 98.2 cm³/mol. The zero-order valence-electron chi connectivity index (χ0n) is 15.7. The van der Waals surface area contributed by atoms with Crippen LogP contribution in [0.15, 0.2) is 4.99 Å². The lowest BCUT2D eigenvalue weighted by Gasteiger charge is -2.32. The van der Waals surface area contributed by atoms with Gasteiger partial charge >= 0.3 is 0 Å². The maximum Gasteiger partial charge on any atom is 0.233 e. The smallest absolute Gasteiger partial charge is 0.233 e. The van der Waals surface area contributed by atoms with Gasteiger partial charge in [-0.05, 0) is 32.6 Å². The summed E-state index contributed by atoms with van der Waals surface area (Å²) < 4.78 is 0. The fourth-order valence-corrected chi connectivity index (χ4v) is 2.73. The topological polar surface area (TPSA) is 89.0 Å². The average Bonchev–Trinajstić information content (AvgIpc) is 2.61. The molecule has 1 aliphatic heterocycles. The summed E-state index contributed by atoms with van der Waals surface area (Å²) >= 11 is 0. The second kappa shape index (κ2) is 10.5. The molecule has 0 spiro atoms. The molecular weight excluding hydrogens is 306 g/mol. The molecule has 1 saturated heterocycles. The fraction of sp³-hybridized carbons (Fsp3) is 0.882. The number of amides is 1. The second-order valence-electron chi connectivity index (χ2n) is 6.49. The Bertz CT molecular complexity index is 402. The average molecular weight is 342 g/mol. The molecule has 0 bridgehead atoms. The van der Waals surface area contributed by atoms with Gasteiger partial charge in [-0.1, -0.05) is 13.8 Å². The van der Waals surface area contributed by atoms with E-state index in [1.807, 2.05) is 20.8 Å². The number of carbonyl (C=O) groups is 1. The van der Waals surface area contributed by atoms with E-state index in [1.54, 1.807) is 7.05 Å². The molecule has 1 heterocycles. The first-order valence-electron chi connectivity index (χ1n) is 9.16. The van der Waals surface area contributed by atoms with Gasteiger partial charge < -0.3 is 21.1 Å². The third kappa shape index (κ3) is 7.05. The van der Waals surface area contributed by atoms with E-state index < -0.39 is 5.60 Å². The van der Waals surface area contributed by atoms with E-state index in [4.69, 9.17) is 0 Å². The number of aliphatic hydroxyl groups is 1. The Balaban J connectivity index is 2.50. The van der Waals surface area contributed by atoms with Crippen LogP contribution in [0.3, 0.4) is 0 Å². The van der Waals surface area contributed by atoms with Crippen LogP contribution in [0, 0.1) is 0 Å². The maximum absolute atomic E-state index is 11.4. The van der Waals surface area contributed by atoms with Crippen molar-refractivity contribution in [3.05, 3.63) is 0 Å². The maximum atomic E-state index is 11.4. The third-order valence-corrected chi connectivity index (χ3v) is 4.77. The van der Waals surface area contributed by atoms with Gasteiger partial charge in [-0.25, -0.2) is 0 Å². The summed E-state index contributed by atoms with van der Waals surface area (Å²) in [5.41, 5.74) is -0.723. The van der Waals surface area contributed by atoms with Crippen molar-refractivity contribution in [2.75, 3.05) is 39.8 Å². The monoisotopic (exact) mass is 341 g/mol. The van der Waals surface area contributed by atoms with Crippen molar-refractivity contribution in [1.29, 1.82) is 0 Å². The van der Waals surface area contributed by atoms with Crippen LogP contribution in [0.2, 0.25) is 0 Å². The minimum absolute atomic E-state index is 0.0646. The van der Waals surface area contributed by atoms with E-state index in [1.165, 1.54) is 0 Å². The van der Waals surface area contributed by atoms with Crippen LogP contribution in [-0.2, 0) is 4.79 Å². The molecule has 0 atom stereocenters. The third-order valence-electron chi connectivity index (χ3n) is 4.77. The number of rotatable bonds is 8. The van der Waals surface area contributed by atoms with E-state index >= 15 is 0 Å². The minimum atomic E-state index is -0.723. The van der Waals surface area contributed by atoms with Gasteiger partial charge in [0.2, 0.25) is 5.91 Å². The fourth-order valence-electron chi connectivity index (χ4n) is 2.73. The molecule has 1 rings (SSSR count). The van der Waals surface area contributed by atoms with Crippen molar-refractivity contribution in [1.82, 2.24) is 20.9 Å². The number of hydrogen-bond donors (Lipinski definition) is 4. The standard InChI is InChI=1S/C17H35N5O2/c1-5-17(24,6-2)13-20-16(19-7-3)21-14-8-10-22(11-9-14)12-15(23)18-4/h14,24H,5-13H2,1-4H3,(H,18,23)(H2,19,20,21). The van der Waals surface area contributed by atoms with Gasteiger partial charge in [0.1, 0.15) is 0 Å². The van der Waals surface area contributed by atoms with E-state index in [2.05, 4.69) is 25.8 Å². The summed E-state index contributed by atoms with van der Waals surface area (Å²) in [7, 11) is 1.67. The number of nitrogens with zero attached hydrogens (tertiary/aromatic N) is 2. The van der Waals surface area contributed by atoms with Crippen LogP contribution in [0.4, 0.5) is 0 Å². The summed E-state index contributed by atoms with van der Waals surface area (Å²) in [5, 5.41) is 19.8. The lowest BCUT2D eigenvalue weighted by atomic mass is 9.98. The van der Waals surface area contributed by atoms with E-state index in [-0.39, 0.29) is 5.91 Å². The van der Waals surface area contributed by atoms with Gasteiger partial charge in [0.15, 0.2) is 5.96 Å². The minimum Gasteiger partial charge on any atom is -0.388 e. The molecule has 140 valence electrons. The highest BCUT2D eigenvalue weighted by molar-refractivity contribution is 5.80. The van der Waals surface area contributed by atoms with Crippen LogP contribution < -0.4 is 16.0 Å². The Morgan fingerprint density at radius 1 is 1.25 bits per heavy atom. The molecule has 1 amide bonds. The van der Waals surface area contributed by atoms with E-state index in [9.17, 15) is 9.90 Å². The first kappa shape index (κ1) is 20.7. The molecule has 0 radical (unpaired) electrons. The molecule has 4 N–H and O–H groups in total. The largest absolute Gasteiger partial charge is 0.388 e. The van der Waals surface area contributed by atoms with Crippen molar-refractivity contribution >= 4 is 11.9 Å². The Morgan fingerprint density at radius 3 is 2.38 bits per heavy atom. The Hall–Kier alpha value is -1.34. The number of aliphatic imine (C=N–C) groups is 1. The molecule has 0 aliphatic carbocycles. The zero-order valence-corrected chi connectivity index (χ0v) is 15.7. The number of nitrogens with one attached hydrogen (secondary N) is 3. The summed E-state index contributed by atoms with van der Waals surface area (Å²) in [6.45, 7) is 9.48. The Labute approximate surface area is 146 Å². The number of likely N-dealkylation sites (tertiary alicyclic amines) is 1. The van der Waals surface area contributed by atoms with Gasteiger partial charge in [0.25, 0.3) is 0 Å². The van der Waals surface area contributed by atoms with Crippen molar-refractivity contribution < 1.29 is 9.90 Å². The van der Waals surface area contributed by atoms with Gasteiger partial charge in [-0.15, -0.1) is 0 Å². The van der Waals surface area contributed by atoms with Crippen LogP contribution >= 0.6 is 0 Å². The summed E-state index contributed by atoms with van der Waals surface area (Å²) in [6.07, 6.45) is 3.36. The SMILES string of the molecule is CCNC(=NCC(O)(CC)CC)NC1CCN(CC(=O)NC)CC1. The molecular formula is C17H35N5O2. The van der Waals surface area contributed by atoms with Crippen molar-refractivity contribution in [3.8, 4) is 0 Å². The first-order valence-corrected chi connectivity index (χ1v) is 9.16. The Morgan fingerprint density at radius 2 is 1.88 bits per heavy atom. The van der Waals surface area contributed by atoms with Crippen LogP contribution in [0.25, 0.3) is 0 Å².